The molecule has 4 aromatic rings. The summed E-state index contributed by atoms with van der Waals surface area (Å²) < 4.78 is 51.9. The Morgan fingerprint density at radius 1 is 1.02 bits per heavy atom. The fourth-order valence-corrected chi connectivity index (χ4v) is 3.87. The van der Waals surface area contributed by atoms with Gasteiger partial charge in [-0.25, -0.2) is 14.2 Å². The van der Waals surface area contributed by atoms with Crippen LogP contribution < -0.4 is 26.4 Å². The number of anilines is 3. The second-order valence-electron chi connectivity index (χ2n) is 9.00. The number of carboxylic acid groups (broad SMARTS) is 1. The predicted molar refractivity (Wildman–Crippen MR) is 152 cm³/mol. The lowest BCUT2D eigenvalue weighted by molar-refractivity contribution is -0.192. The minimum absolute atomic E-state index is 0.133. The molecule has 0 aliphatic rings. The number of nitrogens with one attached hydrogen (secondary N) is 3. The van der Waals surface area contributed by atoms with Crippen LogP contribution in [0.3, 0.4) is 0 Å². The number of hydrogen-bond donors (Lipinski definition) is 5. The third-order valence-electron chi connectivity index (χ3n) is 5.84. The van der Waals surface area contributed by atoms with Crippen molar-refractivity contribution in [3.05, 3.63) is 89.9 Å². The van der Waals surface area contributed by atoms with Gasteiger partial charge in [-0.1, -0.05) is 12.1 Å². The van der Waals surface area contributed by atoms with Gasteiger partial charge in [-0.3, -0.25) is 9.59 Å². The maximum Gasteiger partial charge on any atom is 0.490 e. The fraction of sp³-hybridized carbons (Fsp3) is 0.172. The number of carbonyl (C=O) groups is 3. The van der Waals surface area contributed by atoms with Crippen LogP contribution in [0.1, 0.15) is 24.1 Å². The fourth-order valence-electron chi connectivity index (χ4n) is 3.87. The monoisotopic (exact) mass is 601 g/mol. The Labute approximate surface area is 242 Å². The van der Waals surface area contributed by atoms with Crippen LogP contribution >= 0.6 is 0 Å². The molecule has 226 valence electrons. The van der Waals surface area contributed by atoms with Crippen molar-refractivity contribution in [2.24, 2.45) is 0 Å². The van der Waals surface area contributed by atoms with E-state index < -0.39 is 29.9 Å². The number of aromatic nitrogens is 1. The van der Waals surface area contributed by atoms with Gasteiger partial charge in [0.05, 0.1) is 7.11 Å². The maximum absolute atomic E-state index is 14.9. The third kappa shape index (κ3) is 9.05. The second-order valence-corrected chi connectivity index (χ2v) is 9.00. The van der Waals surface area contributed by atoms with Gasteiger partial charge in [0.25, 0.3) is 0 Å². The Hall–Kier alpha value is -5.40. The topological polar surface area (TPSA) is 156 Å². The number of ether oxygens (including phenoxy) is 1. The molecule has 0 bridgehead atoms. The zero-order valence-electron chi connectivity index (χ0n) is 22.8. The van der Waals surface area contributed by atoms with Crippen LogP contribution in [0, 0.1) is 5.82 Å². The van der Waals surface area contributed by atoms with Crippen LogP contribution in [0.25, 0.3) is 10.8 Å². The average molecular weight is 602 g/mol. The Kier molecular flexibility index (Phi) is 10.4. The zero-order valence-corrected chi connectivity index (χ0v) is 22.8. The van der Waals surface area contributed by atoms with E-state index in [-0.39, 0.29) is 18.0 Å². The molecule has 10 nitrogen and oxygen atoms in total. The van der Waals surface area contributed by atoms with Gasteiger partial charge in [-0.05, 0) is 65.5 Å². The van der Waals surface area contributed by atoms with E-state index in [1.54, 1.807) is 42.6 Å². The van der Waals surface area contributed by atoms with Crippen LogP contribution in [-0.4, -0.2) is 41.2 Å². The zero-order chi connectivity index (χ0) is 31.7. The minimum Gasteiger partial charge on any atom is -0.497 e. The number of methoxy groups -OCH3 is 1. The molecule has 4 rings (SSSR count). The summed E-state index contributed by atoms with van der Waals surface area (Å²) in [5.41, 5.74) is 8.07. The van der Waals surface area contributed by atoms with Crippen molar-refractivity contribution in [2.45, 2.75) is 25.7 Å². The first-order valence-corrected chi connectivity index (χ1v) is 12.5. The highest BCUT2D eigenvalue weighted by Gasteiger charge is 2.38. The van der Waals surface area contributed by atoms with Crippen molar-refractivity contribution in [2.75, 3.05) is 23.5 Å². The van der Waals surface area contributed by atoms with Crippen molar-refractivity contribution in [3.63, 3.8) is 0 Å². The summed E-state index contributed by atoms with van der Waals surface area (Å²) in [6.45, 7) is 1.60. The summed E-state index contributed by atoms with van der Waals surface area (Å²) in [5, 5.41) is 17.4. The number of carbonyl (C=O) groups excluding carboxylic acids is 2. The van der Waals surface area contributed by atoms with E-state index in [0.717, 1.165) is 16.3 Å². The van der Waals surface area contributed by atoms with Crippen LogP contribution in [0.5, 0.6) is 5.75 Å². The molecule has 0 aliphatic carbocycles. The first-order chi connectivity index (χ1) is 20.3. The number of nitrogens with two attached hydrogens (primary N) is 1. The molecule has 0 aliphatic heterocycles. The van der Waals surface area contributed by atoms with E-state index in [4.69, 9.17) is 20.4 Å². The van der Waals surface area contributed by atoms with Crippen LogP contribution in [0.4, 0.5) is 34.8 Å². The van der Waals surface area contributed by atoms with Crippen LogP contribution in [0.15, 0.2) is 72.9 Å². The highest BCUT2D eigenvalue weighted by atomic mass is 19.4. The molecule has 0 fully saturated rings. The number of hydrogen-bond acceptors (Lipinski definition) is 7. The first-order valence-electron chi connectivity index (χ1n) is 12.5. The molecule has 0 spiro atoms. The van der Waals surface area contributed by atoms with Crippen molar-refractivity contribution in [1.82, 2.24) is 10.3 Å². The lowest BCUT2D eigenvalue weighted by Crippen LogP contribution is -2.33. The van der Waals surface area contributed by atoms with Gasteiger partial charge in [-0.2, -0.15) is 13.2 Å². The molecule has 3 aromatic carbocycles. The third-order valence-corrected chi connectivity index (χ3v) is 5.84. The highest BCUT2D eigenvalue weighted by Crippen LogP contribution is 2.29. The van der Waals surface area contributed by atoms with Crippen LogP contribution in [0.2, 0.25) is 0 Å². The summed E-state index contributed by atoms with van der Waals surface area (Å²) in [7, 11) is 1.48. The minimum atomic E-state index is -5.08. The number of aliphatic carboxylic acids is 1. The lowest BCUT2D eigenvalue weighted by Gasteiger charge is -2.21. The molecule has 43 heavy (non-hydrogen) atoms. The second kappa shape index (κ2) is 14.0. The molecule has 0 radical (unpaired) electrons. The Balaban J connectivity index is 0.000000646. The molecular formula is C29H27F4N5O5. The number of fused-ring (bicyclic) bond motifs is 1. The molecule has 1 aromatic heterocycles. The summed E-state index contributed by atoms with van der Waals surface area (Å²) in [4.78, 5) is 37.7. The van der Waals surface area contributed by atoms with Gasteiger partial charge < -0.3 is 31.5 Å². The number of alkyl halides is 3. The SMILES string of the molecule is COc1ccc(F)c(C(Nc2ccc3c(N)nccc3c2)C(=O)NCc2cccc(NC(C)=O)c2)c1.O=C(O)C(F)(F)F. The number of nitrogens with zero attached hydrogens (tertiary/aromatic N) is 1. The standard InChI is InChI=1S/C27H26FN5O3.C2HF3O2/c1-16(34)32-19-5-3-4-17(12-19)15-31-27(35)25(23-14-21(36-2)7-9-24(23)28)33-20-6-8-22-18(13-20)10-11-30-26(22)29;3-2(4,5)1(6)7/h3-14,25,33H,15H2,1-2H3,(H2,29,30)(H,31,35)(H,32,34);(H,6,7). The average Bonchev–Trinajstić information content (AvgIpc) is 2.95. The first kappa shape index (κ1) is 32.1. The normalized spacial score (nSPS) is 11.5. The van der Waals surface area contributed by atoms with Crippen LogP contribution in [-0.2, 0) is 20.9 Å². The number of rotatable bonds is 8. The molecule has 6 N–H and O–H groups in total. The van der Waals surface area contributed by atoms with Gasteiger partial charge in [0.1, 0.15) is 23.4 Å². The van der Waals surface area contributed by atoms with E-state index >= 15 is 0 Å². The van der Waals surface area contributed by atoms with Gasteiger partial charge in [-0.15, -0.1) is 0 Å². The van der Waals surface area contributed by atoms with Crippen molar-refractivity contribution in [1.29, 1.82) is 0 Å². The van der Waals surface area contributed by atoms with E-state index in [0.29, 0.717) is 22.9 Å². The van der Waals surface area contributed by atoms with Crippen molar-refractivity contribution < 1.29 is 41.8 Å². The summed E-state index contributed by atoms with van der Waals surface area (Å²) in [6.07, 6.45) is -3.48. The summed E-state index contributed by atoms with van der Waals surface area (Å²) >= 11 is 0. The lowest BCUT2D eigenvalue weighted by atomic mass is 10.0. The molecule has 1 atom stereocenters. The van der Waals surface area contributed by atoms with E-state index in [2.05, 4.69) is 20.9 Å². The summed E-state index contributed by atoms with van der Waals surface area (Å²) in [6, 6.07) is 17.5. The van der Waals surface area contributed by atoms with Gasteiger partial charge in [0, 0.05) is 42.0 Å². The molecular weight excluding hydrogens is 574 g/mol. The van der Waals surface area contributed by atoms with Gasteiger partial charge in [0.15, 0.2) is 0 Å². The van der Waals surface area contributed by atoms with E-state index in [1.165, 1.54) is 32.2 Å². The Bertz CT molecular complexity index is 1630. The Morgan fingerprint density at radius 3 is 2.40 bits per heavy atom. The van der Waals surface area contributed by atoms with Crippen molar-refractivity contribution >= 4 is 45.7 Å². The van der Waals surface area contributed by atoms with Gasteiger partial charge >= 0.3 is 12.1 Å². The maximum atomic E-state index is 14.9. The molecule has 0 saturated carbocycles. The number of benzene rings is 3. The van der Waals surface area contributed by atoms with Crippen molar-refractivity contribution in [3.8, 4) is 5.75 Å². The number of pyridine rings is 1. The number of amides is 2. The molecule has 1 heterocycles. The number of halogens is 4. The predicted octanol–water partition coefficient (Wildman–Crippen LogP) is 5.03. The number of carboxylic acids is 1. The number of nitrogen functional groups attached to an aromatic ring is 1. The van der Waals surface area contributed by atoms with E-state index in [1.807, 2.05) is 12.1 Å². The highest BCUT2D eigenvalue weighted by molar-refractivity contribution is 5.94. The largest absolute Gasteiger partial charge is 0.497 e. The molecule has 1 unspecified atom stereocenters. The summed E-state index contributed by atoms with van der Waals surface area (Å²) in [5.74, 6) is -3.12. The smallest absolute Gasteiger partial charge is 0.490 e. The quantitative estimate of drug-likeness (QED) is 0.176. The molecule has 0 saturated heterocycles. The van der Waals surface area contributed by atoms with E-state index in [9.17, 15) is 27.2 Å². The molecule has 2 amide bonds. The Morgan fingerprint density at radius 2 is 1.74 bits per heavy atom. The van der Waals surface area contributed by atoms with Gasteiger partial charge in [0.2, 0.25) is 11.8 Å². The molecule has 14 heteroatoms.